The van der Waals surface area contributed by atoms with Crippen LogP contribution >= 0.6 is 0 Å². The zero-order valence-corrected chi connectivity index (χ0v) is 13.6. The first-order chi connectivity index (χ1) is 9.97. The first-order valence-corrected chi connectivity index (χ1v) is 8.11. The molecule has 0 aromatic heterocycles. The summed E-state index contributed by atoms with van der Waals surface area (Å²) in [6.07, 6.45) is 3.74. The van der Waals surface area contributed by atoms with E-state index >= 15 is 0 Å². The molecule has 116 valence electrons. The van der Waals surface area contributed by atoms with Crippen molar-refractivity contribution in [3.05, 3.63) is 29.8 Å². The topological polar surface area (TPSA) is 41.1 Å². The highest BCUT2D eigenvalue weighted by Gasteiger charge is 2.29. The smallest absolute Gasteiger partial charge is 0.241 e. The quantitative estimate of drug-likeness (QED) is 0.886. The van der Waals surface area contributed by atoms with Crippen LogP contribution in [-0.2, 0) is 4.79 Å². The average Bonchev–Trinajstić information content (AvgIpc) is 2.46. The highest BCUT2D eigenvalue weighted by atomic mass is 16.2. The molecule has 0 radical (unpaired) electrons. The molecular weight excluding hydrogens is 260 g/mol. The second-order valence-corrected chi connectivity index (χ2v) is 6.62. The zero-order valence-electron chi connectivity index (χ0n) is 13.6. The maximum Gasteiger partial charge on any atom is 0.241 e. The Morgan fingerprint density at radius 3 is 2.52 bits per heavy atom. The number of rotatable bonds is 4. The van der Waals surface area contributed by atoms with Crippen LogP contribution in [0.15, 0.2) is 24.3 Å². The Labute approximate surface area is 128 Å². The van der Waals surface area contributed by atoms with E-state index in [9.17, 15) is 4.79 Å². The van der Waals surface area contributed by atoms with Gasteiger partial charge in [-0.15, -0.1) is 0 Å². The molecule has 3 nitrogen and oxygen atoms in total. The van der Waals surface area contributed by atoms with Gasteiger partial charge in [-0.05, 0) is 44.2 Å². The molecule has 0 unspecified atom stereocenters. The van der Waals surface area contributed by atoms with Gasteiger partial charge in [0, 0.05) is 11.7 Å². The molecule has 4 atom stereocenters. The lowest BCUT2D eigenvalue weighted by Crippen LogP contribution is -2.49. The van der Waals surface area contributed by atoms with Crippen molar-refractivity contribution in [1.29, 1.82) is 0 Å². The van der Waals surface area contributed by atoms with Crippen LogP contribution in [0.4, 0.5) is 5.69 Å². The van der Waals surface area contributed by atoms with Crippen LogP contribution in [0.25, 0.3) is 0 Å². The normalized spacial score (nSPS) is 27.1. The number of carbonyl (C=O) groups excluding carboxylic acids is 1. The SMILES string of the molecule is Cc1ccc(NC(=O)[C@H](C)N[C@@H]2CCC[C@H](C)[C@@H]2C)cc1. The summed E-state index contributed by atoms with van der Waals surface area (Å²) in [5, 5.41) is 6.50. The molecule has 0 spiro atoms. The molecule has 1 fully saturated rings. The predicted molar refractivity (Wildman–Crippen MR) is 88.4 cm³/mol. The fourth-order valence-corrected chi connectivity index (χ4v) is 3.10. The van der Waals surface area contributed by atoms with E-state index in [-0.39, 0.29) is 11.9 Å². The Hall–Kier alpha value is -1.35. The lowest BCUT2D eigenvalue weighted by molar-refractivity contribution is -0.118. The van der Waals surface area contributed by atoms with Gasteiger partial charge in [0.1, 0.15) is 0 Å². The van der Waals surface area contributed by atoms with E-state index in [1.807, 2.05) is 38.1 Å². The Bertz CT molecular complexity index is 469. The lowest BCUT2D eigenvalue weighted by atomic mass is 9.78. The molecule has 0 bridgehead atoms. The summed E-state index contributed by atoms with van der Waals surface area (Å²) in [6.45, 7) is 8.61. The van der Waals surface area contributed by atoms with Crippen molar-refractivity contribution in [3.63, 3.8) is 0 Å². The summed E-state index contributed by atoms with van der Waals surface area (Å²) in [5.74, 6) is 1.42. The number of benzene rings is 1. The van der Waals surface area contributed by atoms with Crippen molar-refractivity contribution in [3.8, 4) is 0 Å². The van der Waals surface area contributed by atoms with Crippen LogP contribution in [0, 0.1) is 18.8 Å². The minimum atomic E-state index is -0.163. The molecule has 1 aliphatic carbocycles. The molecule has 21 heavy (non-hydrogen) atoms. The molecule has 1 saturated carbocycles. The Morgan fingerprint density at radius 1 is 1.19 bits per heavy atom. The fourth-order valence-electron chi connectivity index (χ4n) is 3.10. The number of hydrogen-bond acceptors (Lipinski definition) is 2. The molecule has 1 aromatic rings. The van der Waals surface area contributed by atoms with Gasteiger partial charge < -0.3 is 10.6 Å². The van der Waals surface area contributed by atoms with Crippen LogP contribution in [0.5, 0.6) is 0 Å². The molecule has 3 heteroatoms. The second kappa shape index (κ2) is 7.08. The zero-order chi connectivity index (χ0) is 15.4. The summed E-state index contributed by atoms with van der Waals surface area (Å²) < 4.78 is 0. The highest BCUT2D eigenvalue weighted by molar-refractivity contribution is 5.94. The third-order valence-corrected chi connectivity index (χ3v) is 4.88. The predicted octanol–water partition coefficient (Wildman–Crippen LogP) is 3.74. The number of amides is 1. The van der Waals surface area contributed by atoms with Crippen molar-refractivity contribution in [2.75, 3.05) is 5.32 Å². The summed E-state index contributed by atoms with van der Waals surface area (Å²) in [4.78, 5) is 12.3. The second-order valence-electron chi connectivity index (χ2n) is 6.62. The number of aryl methyl sites for hydroxylation is 1. The van der Waals surface area contributed by atoms with E-state index < -0.39 is 0 Å². The highest BCUT2D eigenvalue weighted by Crippen LogP contribution is 2.29. The van der Waals surface area contributed by atoms with Crippen molar-refractivity contribution in [2.45, 2.75) is 59.0 Å². The van der Waals surface area contributed by atoms with Crippen molar-refractivity contribution in [1.82, 2.24) is 5.32 Å². The number of anilines is 1. The van der Waals surface area contributed by atoms with Crippen molar-refractivity contribution >= 4 is 11.6 Å². The molecule has 0 aliphatic heterocycles. The number of nitrogens with one attached hydrogen (secondary N) is 2. The molecular formula is C18H28N2O. The van der Waals surface area contributed by atoms with Gasteiger partial charge >= 0.3 is 0 Å². The van der Waals surface area contributed by atoms with Crippen LogP contribution in [-0.4, -0.2) is 18.0 Å². The summed E-state index contributed by atoms with van der Waals surface area (Å²) in [5.41, 5.74) is 2.06. The van der Waals surface area contributed by atoms with E-state index in [0.29, 0.717) is 12.0 Å². The van der Waals surface area contributed by atoms with Gasteiger partial charge in [-0.1, -0.05) is 44.4 Å². The summed E-state index contributed by atoms with van der Waals surface area (Å²) >= 11 is 0. The van der Waals surface area contributed by atoms with Gasteiger partial charge in [-0.3, -0.25) is 4.79 Å². The minimum absolute atomic E-state index is 0.0456. The maximum absolute atomic E-state index is 12.3. The molecule has 0 saturated heterocycles. The first-order valence-electron chi connectivity index (χ1n) is 8.11. The van der Waals surface area contributed by atoms with Gasteiger partial charge in [0.05, 0.1) is 6.04 Å². The van der Waals surface area contributed by atoms with Crippen LogP contribution in [0.2, 0.25) is 0 Å². The molecule has 2 N–H and O–H groups in total. The number of carbonyl (C=O) groups is 1. The van der Waals surface area contributed by atoms with Crippen molar-refractivity contribution in [2.24, 2.45) is 11.8 Å². The van der Waals surface area contributed by atoms with E-state index in [4.69, 9.17) is 0 Å². The van der Waals surface area contributed by atoms with Crippen LogP contribution in [0.3, 0.4) is 0 Å². The molecule has 1 amide bonds. The van der Waals surface area contributed by atoms with Gasteiger partial charge in [-0.2, -0.15) is 0 Å². The summed E-state index contributed by atoms with van der Waals surface area (Å²) in [7, 11) is 0. The Kier molecular flexibility index (Phi) is 5.40. The molecule has 1 aliphatic rings. The lowest BCUT2D eigenvalue weighted by Gasteiger charge is -2.36. The third kappa shape index (κ3) is 4.31. The standard InChI is InChI=1S/C18H28N2O/c1-12-8-10-16(11-9-12)20-18(21)15(4)19-17-7-5-6-13(2)14(17)3/h8-11,13-15,17,19H,5-7H2,1-4H3,(H,20,21)/t13-,14-,15-,17+/m0/s1. The van der Waals surface area contributed by atoms with Gasteiger partial charge in [0.25, 0.3) is 0 Å². The van der Waals surface area contributed by atoms with E-state index in [1.54, 1.807) is 0 Å². The van der Waals surface area contributed by atoms with Gasteiger partial charge in [0.15, 0.2) is 0 Å². The molecule has 0 heterocycles. The number of hydrogen-bond donors (Lipinski definition) is 2. The van der Waals surface area contributed by atoms with Crippen molar-refractivity contribution < 1.29 is 4.79 Å². The molecule has 1 aromatic carbocycles. The largest absolute Gasteiger partial charge is 0.325 e. The first kappa shape index (κ1) is 16.0. The van der Waals surface area contributed by atoms with E-state index in [1.165, 1.54) is 24.8 Å². The van der Waals surface area contributed by atoms with E-state index in [0.717, 1.165) is 11.6 Å². The Morgan fingerprint density at radius 2 is 1.86 bits per heavy atom. The minimum Gasteiger partial charge on any atom is -0.325 e. The Balaban J connectivity index is 1.88. The summed E-state index contributed by atoms with van der Waals surface area (Å²) in [6, 6.07) is 8.21. The monoisotopic (exact) mass is 288 g/mol. The fraction of sp³-hybridized carbons (Fsp3) is 0.611. The average molecular weight is 288 g/mol. The molecule has 2 rings (SSSR count). The van der Waals surface area contributed by atoms with Crippen LogP contribution < -0.4 is 10.6 Å². The third-order valence-electron chi connectivity index (χ3n) is 4.88. The van der Waals surface area contributed by atoms with E-state index in [2.05, 4.69) is 24.5 Å². The maximum atomic E-state index is 12.3. The van der Waals surface area contributed by atoms with Crippen LogP contribution in [0.1, 0.15) is 45.6 Å². The van der Waals surface area contributed by atoms with Gasteiger partial charge in [0.2, 0.25) is 5.91 Å². The van der Waals surface area contributed by atoms with Gasteiger partial charge in [-0.25, -0.2) is 0 Å².